The first-order chi connectivity index (χ1) is 13.5. The number of nitrogens with zero attached hydrogens (tertiary/aromatic N) is 5. The maximum atomic E-state index is 14.1. The van der Waals surface area contributed by atoms with E-state index in [1.165, 1.54) is 19.3 Å². The van der Waals surface area contributed by atoms with Gasteiger partial charge < -0.3 is 9.64 Å². The summed E-state index contributed by atoms with van der Waals surface area (Å²) in [5.41, 5.74) is 0.269. The normalized spacial score (nSPS) is 26.6. The third-order valence-electron chi connectivity index (χ3n) is 6.16. The second kappa shape index (κ2) is 8.41. The number of halogens is 2. The molecular formula is C19H29F2N5O2. The van der Waals surface area contributed by atoms with Crippen LogP contribution in [-0.2, 0) is 11.3 Å². The van der Waals surface area contributed by atoms with E-state index in [1.807, 2.05) is 4.90 Å². The Kier molecular flexibility index (Phi) is 5.91. The maximum Gasteiger partial charge on any atom is 0.276 e. The zero-order valence-corrected chi connectivity index (χ0v) is 16.2. The fourth-order valence-electron chi connectivity index (χ4n) is 4.69. The third kappa shape index (κ3) is 4.68. The first-order valence-electron chi connectivity index (χ1n) is 10.4. The largest absolute Gasteiger partial charge is 0.378 e. The van der Waals surface area contributed by atoms with Gasteiger partial charge in [0.2, 0.25) is 0 Å². The third-order valence-corrected chi connectivity index (χ3v) is 6.16. The molecule has 1 saturated carbocycles. The van der Waals surface area contributed by atoms with E-state index in [0.717, 1.165) is 19.4 Å². The van der Waals surface area contributed by atoms with Crippen LogP contribution in [0.1, 0.15) is 49.0 Å². The zero-order valence-electron chi connectivity index (χ0n) is 16.2. The fraction of sp³-hybridized carbons (Fsp3) is 0.842. The lowest BCUT2D eigenvalue weighted by atomic mass is 9.89. The Morgan fingerprint density at radius 2 is 1.93 bits per heavy atom. The molecule has 0 bridgehead atoms. The van der Waals surface area contributed by atoms with Gasteiger partial charge in [-0.15, -0.1) is 5.10 Å². The Bertz CT molecular complexity index is 671. The van der Waals surface area contributed by atoms with Gasteiger partial charge in [-0.25, -0.2) is 8.78 Å². The Balaban J connectivity index is 1.38. The van der Waals surface area contributed by atoms with Gasteiger partial charge >= 0.3 is 0 Å². The first kappa shape index (κ1) is 19.7. The van der Waals surface area contributed by atoms with Crippen LogP contribution in [-0.4, -0.2) is 82.1 Å². The standard InChI is InChI=1S/C19H29F2N5O2/c20-19(21)10-16(25(14-19)11-15-4-2-1-3-5-15)12-26-13-17(22-23-26)18(27)24-6-8-28-9-7-24/h13,15-16H,1-12,14H2/t16-/m0/s1. The molecule has 2 saturated heterocycles. The van der Waals surface area contributed by atoms with E-state index in [9.17, 15) is 13.6 Å². The molecule has 4 rings (SSSR count). The van der Waals surface area contributed by atoms with E-state index in [2.05, 4.69) is 10.3 Å². The van der Waals surface area contributed by atoms with Crippen LogP contribution in [0.5, 0.6) is 0 Å². The lowest BCUT2D eigenvalue weighted by Gasteiger charge is -2.30. The average molecular weight is 397 g/mol. The molecule has 2 aliphatic heterocycles. The Morgan fingerprint density at radius 1 is 1.18 bits per heavy atom. The van der Waals surface area contributed by atoms with Gasteiger partial charge in [-0.3, -0.25) is 14.4 Å². The van der Waals surface area contributed by atoms with Crippen LogP contribution in [0, 0.1) is 5.92 Å². The van der Waals surface area contributed by atoms with Crippen molar-refractivity contribution in [1.82, 2.24) is 24.8 Å². The summed E-state index contributed by atoms with van der Waals surface area (Å²) in [5, 5.41) is 8.03. The first-order valence-corrected chi connectivity index (χ1v) is 10.4. The molecule has 0 spiro atoms. The molecule has 0 unspecified atom stereocenters. The van der Waals surface area contributed by atoms with Crippen molar-refractivity contribution in [3.8, 4) is 0 Å². The number of rotatable bonds is 5. The van der Waals surface area contributed by atoms with E-state index >= 15 is 0 Å². The lowest BCUT2D eigenvalue weighted by Crippen LogP contribution is -2.40. The highest BCUT2D eigenvalue weighted by molar-refractivity contribution is 5.91. The minimum Gasteiger partial charge on any atom is -0.378 e. The molecule has 7 nitrogen and oxygen atoms in total. The summed E-state index contributed by atoms with van der Waals surface area (Å²) in [5.74, 6) is -2.32. The van der Waals surface area contributed by atoms with E-state index in [1.54, 1.807) is 15.8 Å². The number of likely N-dealkylation sites (tertiary alicyclic amines) is 1. The van der Waals surface area contributed by atoms with Crippen molar-refractivity contribution < 1.29 is 18.3 Å². The van der Waals surface area contributed by atoms with E-state index in [-0.39, 0.29) is 30.6 Å². The summed E-state index contributed by atoms with van der Waals surface area (Å²) in [7, 11) is 0. The summed E-state index contributed by atoms with van der Waals surface area (Å²) in [6.45, 7) is 3.01. The van der Waals surface area contributed by atoms with Crippen molar-refractivity contribution in [2.24, 2.45) is 5.92 Å². The number of alkyl halides is 2. The zero-order chi connectivity index (χ0) is 19.6. The molecule has 9 heteroatoms. The molecule has 3 aliphatic rings. The van der Waals surface area contributed by atoms with Gasteiger partial charge in [0.15, 0.2) is 5.69 Å². The van der Waals surface area contributed by atoms with Gasteiger partial charge in [0, 0.05) is 32.1 Å². The smallest absolute Gasteiger partial charge is 0.276 e. The van der Waals surface area contributed by atoms with Crippen LogP contribution < -0.4 is 0 Å². The van der Waals surface area contributed by atoms with Crippen LogP contribution in [0.4, 0.5) is 8.78 Å². The van der Waals surface area contributed by atoms with Crippen molar-refractivity contribution in [2.75, 3.05) is 39.4 Å². The topological polar surface area (TPSA) is 63.5 Å². The van der Waals surface area contributed by atoms with E-state index in [4.69, 9.17) is 4.74 Å². The predicted octanol–water partition coefficient (Wildman–Crippen LogP) is 2.04. The van der Waals surface area contributed by atoms with Crippen LogP contribution >= 0.6 is 0 Å². The number of carbonyl (C=O) groups is 1. The molecular weight excluding hydrogens is 368 g/mol. The minimum atomic E-state index is -2.66. The number of carbonyl (C=O) groups excluding carboxylic acids is 1. The summed E-state index contributed by atoms with van der Waals surface area (Å²) >= 11 is 0. The summed E-state index contributed by atoms with van der Waals surface area (Å²) in [6.07, 6.45) is 7.37. The summed E-state index contributed by atoms with van der Waals surface area (Å²) < 4.78 is 35.0. The highest BCUT2D eigenvalue weighted by atomic mass is 19.3. The Hall–Kier alpha value is -1.61. The number of morpholine rings is 1. The average Bonchev–Trinajstić information content (AvgIpc) is 3.27. The van der Waals surface area contributed by atoms with Crippen molar-refractivity contribution in [3.05, 3.63) is 11.9 Å². The molecule has 28 heavy (non-hydrogen) atoms. The second-order valence-electron chi connectivity index (χ2n) is 8.38. The molecule has 3 fully saturated rings. The number of ether oxygens (including phenoxy) is 1. The van der Waals surface area contributed by atoms with Crippen molar-refractivity contribution in [1.29, 1.82) is 0 Å². The van der Waals surface area contributed by atoms with Gasteiger partial charge in [-0.05, 0) is 18.8 Å². The molecule has 3 heterocycles. The highest BCUT2D eigenvalue weighted by Crippen LogP contribution is 2.35. The Morgan fingerprint density at radius 3 is 2.68 bits per heavy atom. The van der Waals surface area contributed by atoms with E-state index < -0.39 is 5.92 Å². The quantitative estimate of drug-likeness (QED) is 0.761. The molecule has 0 N–H and O–H groups in total. The van der Waals surface area contributed by atoms with Gasteiger partial charge in [-0.2, -0.15) is 0 Å². The van der Waals surface area contributed by atoms with Crippen molar-refractivity contribution in [2.45, 2.75) is 57.0 Å². The second-order valence-corrected chi connectivity index (χ2v) is 8.38. The highest BCUT2D eigenvalue weighted by Gasteiger charge is 2.45. The molecule has 156 valence electrons. The van der Waals surface area contributed by atoms with Crippen molar-refractivity contribution in [3.63, 3.8) is 0 Å². The van der Waals surface area contributed by atoms with Gasteiger partial charge in [0.1, 0.15) is 0 Å². The van der Waals surface area contributed by atoms with Crippen LogP contribution in [0.15, 0.2) is 6.20 Å². The molecule has 1 aromatic heterocycles. The minimum absolute atomic E-state index is 0.160. The molecule has 0 aromatic carbocycles. The van der Waals surface area contributed by atoms with Crippen LogP contribution in [0.3, 0.4) is 0 Å². The summed E-state index contributed by atoms with van der Waals surface area (Å²) in [4.78, 5) is 16.1. The molecule has 0 radical (unpaired) electrons. The van der Waals surface area contributed by atoms with Crippen LogP contribution in [0.2, 0.25) is 0 Å². The van der Waals surface area contributed by atoms with Gasteiger partial charge in [0.05, 0.1) is 32.5 Å². The predicted molar refractivity (Wildman–Crippen MR) is 98.2 cm³/mol. The Labute approximate surface area is 164 Å². The molecule has 1 atom stereocenters. The number of amides is 1. The molecule has 1 aromatic rings. The van der Waals surface area contributed by atoms with Gasteiger partial charge in [0.25, 0.3) is 11.8 Å². The molecule has 1 aliphatic carbocycles. The maximum absolute atomic E-state index is 14.1. The van der Waals surface area contributed by atoms with E-state index in [0.29, 0.717) is 38.8 Å². The van der Waals surface area contributed by atoms with Crippen LogP contribution in [0.25, 0.3) is 0 Å². The monoisotopic (exact) mass is 397 g/mol. The number of aromatic nitrogens is 3. The lowest BCUT2D eigenvalue weighted by molar-refractivity contribution is 0.0102. The number of hydrogen-bond acceptors (Lipinski definition) is 5. The SMILES string of the molecule is O=C(c1cn(C[C@@H]2CC(F)(F)CN2CC2CCCCC2)nn1)N1CCOCC1. The van der Waals surface area contributed by atoms with Gasteiger partial charge in [-0.1, -0.05) is 24.5 Å². The summed E-state index contributed by atoms with van der Waals surface area (Å²) in [6, 6.07) is -0.273. The fourth-order valence-corrected chi connectivity index (χ4v) is 4.69. The van der Waals surface area contributed by atoms with Crippen molar-refractivity contribution >= 4 is 5.91 Å². The number of hydrogen-bond donors (Lipinski definition) is 0. The molecule has 1 amide bonds.